The average Bonchev–Trinajstić information content (AvgIpc) is 2.50. The molecule has 0 aromatic carbocycles. The summed E-state index contributed by atoms with van der Waals surface area (Å²) < 4.78 is 10.3. The zero-order chi connectivity index (χ0) is 19.1. The fraction of sp³-hybridized carbons (Fsp3) is 0.905. The molecule has 0 fully saturated rings. The van der Waals surface area contributed by atoms with Crippen LogP contribution in [-0.2, 0) is 19.1 Å². The molecule has 148 valence electrons. The second kappa shape index (κ2) is 15.2. The molecule has 4 heteroatoms. The van der Waals surface area contributed by atoms with Crippen LogP contribution in [0.5, 0.6) is 0 Å². The molecule has 0 aliphatic rings. The third-order valence-corrected chi connectivity index (χ3v) is 4.14. The molecule has 0 spiro atoms. The van der Waals surface area contributed by atoms with Crippen molar-refractivity contribution < 1.29 is 19.1 Å². The van der Waals surface area contributed by atoms with Gasteiger partial charge in [-0.15, -0.1) is 0 Å². The summed E-state index contributed by atoms with van der Waals surface area (Å²) in [6.07, 6.45) is 12.0. The third kappa shape index (κ3) is 16.2. The number of unbranched alkanes of at least 4 members (excludes halogenated alkanes) is 8. The van der Waals surface area contributed by atoms with Crippen molar-refractivity contribution in [3.63, 3.8) is 0 Å². The first-order valence-electron chi connectivity index (χ1n) is 10.2. The molecule has 0 N–H and O–H groups in total. The Labute approximate surface area is 155 Å². The molecule has 0 aliphatic carbocycles. The van der Waals surface area contributed by atoms with E-state index >= 15 is 0 Å². The molecule has 0 radical (unpaired) electrons. The van der Waals surface area contributed by atoms with E-state index in [1.54, 1.807) is 0 Å². The van der Waals surface area contributed by atoms with Crippen molar-refractivity contribution in [3.8, 4) is 0 Å². The van der Waals surface area contributed by atoms with E-state index in [0.717, 1.165) is 25.7 Å². The van der Waals surface area contributed by atoms with Gasteiger partial charge in [0.25, 0.3) is 0 Å². The minimum atomic E-state index is -0.0681. The van der Waals surface area contributed by atoms with Crippen molar-refractivity contribution in [1.82, 2.24) is 0 Å². The maximum Gasteiger partial charge on any atom is 0.308 e. The highest BCUT2D eigenvalue weighted by atomic mass is 16.5. The highest BCUT2D eigenvalue weighted by Crippen LogP contribution is 2.15. The van der Waals surface area contributed by atoms with Gasteiger partial charge in [-0.25, -0.2) is 0 Å². The monoisotopic (exact) mass is 356 g/mol. The predicted octanol–water partition coefficient (Wildman–Crippen LogP) is 5.82. The lowest BCUT2D eigenvalue weighted by molar-refractivity contribution is -0.152. The van der Waals surface area contributed by atoms with Crippen molar-refractivity contribution in [2.75, 3.05) is 0 Å². The van der Waals surface area contributed by atoms with Gasteiger partial charge in [0.05, 0.1) is 18.1 Å². The van der Waals surface area contributed by atoms with Gasteiger partial charge in [-0.2, -0.15) is 0 Å². The lowest BCUT2D eigenvalue weighted by Gasteiger charge is -2.13. The maximum atomic E-state index is 11.7. The molecule has 0 aromatic rings. The van der Waals surface area contributed by atoms with E-state index in [2.05, 4.69) is 0 Å². The van der Waals surface area contributed by atoms with Crippen LogP contribution in [0.2, 0.25) is 0 Å². The first-order valence-corrected chi connectivity index (χ1v) is 10.2. The molecule has 0 heterocycles. The summed E-state index contributed by atoms with van der Waals surface area (Å²) in [5.74, 6) is -0.112. The average molecular weight is 357 g/mol. The van der Waals surface area contributed by atoms with Gasteiger partial charge < -0.3 is 9.47 Å². The maximum absolute atomic E-state index is 11.7. The predicted molar refractivity (Wildman–Crippen MR) is 102 cm³/mol. The second-order valence-corrected chi connectivity index (χ2v) is 7.65. The van der Waals surface area contributed by atoms with Crippen molar-refractivity contribution in [2.24, 2.45) is 5.92 Å². The Hall–Kier alpha value is -1.06. The van der Waals surface area contributed by atoms with Crippen LogP contribution in [0, 0.1) is 5.92 Å². The van der Waals surface area contributed by atoms with Crippen LogP contribution < -0.4 is 0 Å². The zero-order valence-corrected chi connectivity index (χ0v) is 17.1. The Kier molecular flexibility index (Phi) is 14.6. The number of esters is 2. The minimum Gasteiger partial charge on any atom is -0.463 e. The van der Waals surface area contributed by atoms with Crippen molar-refractivity contribution >= 4 is 11.9 Å². The van der Waals surface area contributed by atoms with Crippen molar-refractivity contribution in [3.05, 3.63) is 0 Å². The Morgan fingerprint density at radius 3 is 1.56 bits per heavy atom. The first-order chi connectivity index (χ1) is 11.8. The van der Waals surface area contributed by atoms with E-state index in [-0.39, 0.29) is 30.1 Å². The van der Waals surface area contributed by atoms with E-state index in [9.17, 15) is 9.59 Å². The standard InChI is InChI=1S/C21H40O4/c1-17(2)24-20(22)16-14-12-10-8-6-7-9-11-13-15-19(5)21(23)25-18(3)4/h17-19H,6-16H2,1-5H3. The Morgan fingerprint density at radius 1 is 0.640 bits per heavy atom. The van der Waals surface area contributed by atoms with Gasteiger partial charge in [0, 0.05) is 6.42 Å². The number of rotatable bonds is 15. The topological polar surface area (TPSA) is 52.6 Å². The summed E-state index contributed by atoms with van der Waals surface area (Å²) in [5.41, 5.74) is 0. The molecule has 0 saturated carbocycles. The second-order valence-electron chi connectivity index (χ2n) is 7.65. The Balaban J connectivity index is 3.34. The van der Waals surface area contributed by atoms with Crippen molar-refractivity contribution in [2.45, 2.75) is 117 Å². The Bertz CT molecular complexity index is 350. The van der Waals surface area contributed by atoms with Gasteiger partial charge in [0.1, 0.15) is 0 Å². The number of hydrogen-bond donors (Lipinski definition) is 0. The van der Waals surface area contributed by atoms with Gasteiger partial charge in [-0.05, 0) is 40.5 Å². The highest BCUT2D eigenvalue weighted by Gasteiger charge is 2.14. The molecule has 0 saturated heterocycles. The molecule has 0 aliphatic heterocycles. The van der Waals surface area contributed by atoms with E-state index in [0.29, 0.717) is 6.42 Å². The lowest BCUT2D eigenvalue weighted by atomic mass is 10.0. The van der Waals surface area contributed by atoms with E-state index in [4.69, 9.17) is 9.47 Å². The van der Waals surface area contributed by atoms with Crippen LogP contribution >= 0.6 is 0 Å². The molecular weight excluding hydrogens is 316 g/mol. The fourth-order valence-electron chi connectivity index (χ4n) is 2.75. The summed E-state index contributed by atoms with van der Waals surface area (Å²) in [5, 5.41) is 0. The molecular formula is C21H40O4. The van der Waals surface area contributed by atoms with Crippen LogP contribution in [0.3, 0.4) is 0 Å². The zero-order valence-electron chi connectivity index (χ0n) is 17.1. The minimum absolute atomic E-state index is 0.00339. The highest BCUT2D eigenvalue weighted by molar-refractivity contribution is 5.72. The summed E-state index contributed by atoms with van der Waals surface area (Å²) in [4.78, 5) is 23.1. The Morgan fingerprint density at radius 2 is 1.08 bits per heavy atom. The quantitative estimate of drug-likeness (QED) is 0.274. The molecule has 25 heavy (non-hydrogen) atoms. The van der Waals surface area contributed by atoms with Crippen LogP contribution in [0.1, 0.15) is 105 Å². The van der Waals surface area contributed by atoms with Crippen molar-refractivity contribution in [1.29, 1.82) is 0 Å². The number of carbonyl (C=O) groups excluding carboxylic acids is 2. The van der Waals surface area contributed by atoms with E-state index in [1.807, 2.05) is 34.6 Å². The van der Waals surface area contributed by atoms with Gasteiger partial charge in [0.2, 0.25) is 0 Å². The normalized spacial score (nSPS) is 12.4. The van der Waals surface area contributed by atoms with Crippen LogP contribution in [-0.4, -0.2) is 24.1 Å². The lowest BCUT2D eigenvalue weighted by Crippen LogP contribution is -2.18. The van der Waals surface area contributed by atoms with Gasteiger partial charge in [0.15, 0.2) is 0 Å². The largest absolute Gasteiger partial charge is 0.463 e. The summed E-state index contributed by atoms with van der Waals surface area (Å²) in [7, 11) is 0. The number of carbonyl (C=O) groups is 2. The van der Waals surface area contributed by atoms with Gasteiger partial charge >= 0.3 is 11.9 Å². The SMILES string of the molecule is CC(C)OC(=O)CCCCCCCCCCCC(C)C(=O)OC(C)C. The number of ether oxygens (including phenoxy) is 2. The van der Waals surface area contributed by atoms with Crippen LogP contribution in [0.15, 0.2) is 0 Å². The van der Waals surface area contributed by atoms with E-state index in [1.165, 1.54) is 38.5 Å². The van der Waals surface area contributed by atoms with Gasteiger partial charge in [-0.3, -0.25) is 9.59 Å². The van der Waals surface area contributed by atoms with Gasteiger partial charge in [-0.1, -0.05) is 58.3 Å². The third-order valence-electron chi connectivity index (χ3n) is 4.14. The fourth-order valence-corrected chi connectivity index (χ4v) is 2.75. The molecule has 0 aromatic heterocycles. The van der Waals surface area contributed by atoms with Crippen LogP contribution in [0.4, 0.5) is 0 Å². The molecule has 0 amide bonds. The number of hydrogen-bond acceptors (Lipinski definition) is 4. The summed E-state index contributed by atoms with van der Waals surface area (Å²) in [6.45, 7) is 9.51. The first kappa shape index (κ1) is 23.9. The summed E-state index contributed by atoms with van der Waals surface area (Å²) in [6, 6.07) is 0. The molecule has 1 atom stereocenters. The van der Waals surface area contributed by atoms with Crippen LogP contribution in [0.25, 0.3) is 0 Å². The molecule has 0 bridgehead atoms. The smallest absolute Gasteiger partial charge is 0.308 e. The summed E-state index contributed by atoms with van der Waals surface area (Å²) >= 11 is 0. The molecule has 0 rings (SSSR count). The van der Waals surface area contributed by atoms with E-state index < -0.39 is 0 Å². The molecule has 1 unspecified atom stereocenters. The molecule has 4 nitrogen and oxygen atoms in total.